The molecule has 0 bridgehead atoms. The van der Waals surface area contributed by atoms with Crippen molar-refractivity contribution in [2.45, 2.75) is 6.92 Å². The second-order valence-electron chi connectivity index (χ2n) is 7.21. The van der Waals surface area contributed by atoms with E-state index in [9.17, 15) is 9.59 Å². The van der Waals surface area contributed by atoms with Crippen molar-refractivity contribution in [2.24, 2.45) is 0 Å². The Morgan fingerprint density at radius 3 is 2.47 bits per heavy atom. The van der Waals surface area contributed by atoms with Gasteiger partial charge in [0, 0.05) is 42.6 Å². The summed E-state index contributed by atoms with van der Waals surface area (Å²) in [4.78, 5) is 28.3. The molecule has 0 spiro atoms. The monoisotopic (exact) mass is 483 g/mol. The van der Waals surface area contributed by atoms with E-state index >= 15 is 0 Å². The summed E-state index contributed by atoms with van der Waals surface area (Å²) in [6.45, 7) is 2.93. The first kappa shape index (κ1) is 24.8. The van der Waals surface area contributed by atoms with Gasteiger partial charge < -0.3 is 30.7 Å². The summed E-state index contributed by atoms with van der Waals surface area (Å²) in [5, 5.41) is 11.6. The van der Waals surface area contributed by atoms with Gasteiger partial charge in [-0.05, 0) is 55.9 Å². The van der Waals surface area contributed by atoms with Crippen LogP contribution in [0.3, 0.4) is 0 Å². The summed E-state index contributed by atoms with van der Waals surface area (Å²) >= 11 is 6.21. The van der Waals surface area contributed by atoms with Crippen LogP contribution in [0, 0.1) is 6.92 Å². The molecule has 34 heavy (non-hydrogen) atoms. The molecule has 3 rings (SSSR count). The molecule has 0 unspecified atom stereocenters. The fourth-order valence-corrected chi connectivity index (χ4v) is 3.05. The molecule has 9 nitrogen and oxygen atoms in total. The van der Waals surface area contributed by atoms with Gasteiger partial charge in [-0.2, -0.15) is 0 Å². The lowest BCUT2D eigenvalue weighted by Crippen LogP contribution is -2.21. The lowest BCUT2D eigenvalue weighted by atomic mass is 10.2. The molecule has 3 amide bonds. The van der Waals surface area contributed by atoms with Crippen molar-refractivity contribution in [3.8, 4) is 17.2 Å². The van der Waals surface area contributed by atoms with E-state index in [1.807, 2.05) is 14.0 Å². The fourth-order valence-electron chi connectivity index (χ4n) is 2.90. The maximum absolute atomic E-state index is 12.6. The number of carbonyl (C=O) groups is 2. The number of hydrogen-bond donors (Lipinski definition) is 4. The third kappa shape index (κ3) is 6.84. The van der Waals surface area contributed by atoms with Crippen LogP contribution in [0.5, 0.6) is 17.2 Å². The van der Waals surface area contributed by atoms with Crippen molar-refractivity contribution in [1.29, 1.82) is 0 Å². The number of hydrogen-bond acceptors (Lipinski definition) is 6. The third-order valence-corrected chi connectivity index (χ3v) is 5.06. The highest BCUT2D eigenvalue weighted by Crippen LogP contribution is 2.31. The van der Waals surface area contributed by atoms with Gasteiger partial charge in [0.2, 0.25) is 0 Å². The van der Waals surface area contributed by atoms with Crippen molar-refractivity contribution in [2.75, 3.05) is 37.9 Å². The molecule has 10 heteroatoms. The van der Waals surface area contributed by atoms with Crippen LogP contribution in [0.25, 0.3) is 0 Å². The Hall–Kier alpha value is -3.82. The van der Waals surface area contributed by atoms with Crippen molar-refractivity contribution in [3.05, 3.63) is 71.0 Å². The number of nitrogens with zero attached hydrogens (tertiary/aromatic N) is 1. The van der Waals surface area contributed by atoms with E-state index in [0.717, 1.165) is 5.56 Å². The number of ether oxygens (including phenoxy) is 2. The van der Waals surface area contributed by atoms with Crippen LogP contribution in [0.1, 0.15) is 16.1 Å². The minimum Gasteiger partial charge on any atom is -0.490 e. The van der Waals surface area contributed by atoms with Crippen LogP contribution in [-0.4, -0.2) is 44.2 Å². The lowest BCUT2D eigenvalue weighted by molar-refractivity contribution is 0.0958. The number of pyridine rings is 1. The molecule has 1 heterocycles. The molecular formula is C24H26ClN5O4. The number of halogens is 1. The summed E-state index contributed by atoms with van der Waals surface area (Å²) in [5.41, 5.74) is 2.14. The van der Waals surface area contributed by atoms with Crippen molar-refractivity contribution >= 4 is 34.9 Å². The van der Waals surface area contributed by atoms with Gasteiger partial charge in [-0.3, -0.25) is 9.78 Å². The van der Waals surface area contributed by atoms with Crippen LogP contribution in [0.2, 0.25) is 5.02 Å². The molecule has 0 aliphatic rings. The first-order chi connectivity index (χ1) is 16.4. The van der Waals surface area contributed by atoms with Gasteiger partial charge in [0.25, 0.3) is 5.91 Å². The molecule has 1 aromatic heterocycles. The van der Waals surface area contributed by atoms with E-state index < -0.39 is 6.03 Å². The molecule has 0 aliphatic heterocycles. The van der Waals surface area contributed by atoms with Gasteiger partial charge in [-0.25, -0.2) is 4.79 Å². The smallest absolute Gasteiger partial charge is 0.323 e. The molecule has 0 atom stereocenters. The Bertz CT molecular complexity index is 1150. The largest absolute Gasteiger partial charge is 0.490 e. The normalized spacial score (nSPS) is 10.4. The Kier molecular flexibility index (Phi) is 8.66. The third-order valence-electron chi connectivity index (χ3n) is 4.66. The second-order valence-corrected chi connectivity index (χ2v) is 7.62. The highest BCUT2D eigenvalue weighted by atomic mass is 35.5. The van der Waals surface area contributed by atoms with Gasteiger partial charge in [-0.15, -0.1) is 0 Å². The molecular weight excluding hydrogens is 458 g/mol. The average Bonchev–Trinajstić information content (AvgIpc) is 2.83. The summed E-state index contributed by atoms with van der Waals surface area (Å²) in [5.74, 6) is 1.19. The minimum atomic E-state index is -0.432. The number of aryl methyl sites for hydroxylation is 1. The number of likely N-dealkylation sites (N-methyl/N-ethyl adjacent to an activating group) is 1. The number of aromatic nitrogens is 1. The molecule has 3 aromatic rings. The van der Waals surface area contributed by atoms with Crippen LogP contribution < -0.4 is 30.7 Å². The van der Waals surface area contributed by atoms with Crippen LogP contribution in [-0.2, 0) is 0 Å². The minimum absolute atomic E-state index is 0.252. The number of carbonyl (C=O) groups excluding carboxylic acids is 2. The van der Waals surface area contributed by atoms with Gasteiger partial charge in [0.1, 0.15) is 29.5 Å². The zero-order valence-electron chi connectivity index (χ0n) is 19.1. The molecule has 0 aliphatic carbocycles. The predicted octanol–water partition coefficient (Wildman–Crippen LogP) is 4.44. The summed E-state index contributed by atoms with van der Waals surface area (Å²) in [6, 6.07) is 13.0. The quantitative estimate of drug-likeness (QED) is 0.335. The maximum atomic E-state index is 12.6. The van der Waals surface area contributed by atoms with Crippen molar-refractivity contribution in [1.82, 2.24) is 15.6 Å². The first-order valence-corrected chi connectivity index (χ1v) is 10.9. The highest BCUT2D eigenvalue weighted by molar-refractivity contribution is 6.31. The van der Waals surface area contributed by atoms with Crippen LogP contribution in [0.4, 0.5) is 16.2 Å². The number of nitrogens with one attached hydrogen (secondary N) is 4. The van der Waals surface area contributed by atoms with Crippen LogP contribution >= 0.6 is 11.6 Å². The Labute approximate surface area is 202 Å². The molecule has 2 aromatic carbocycles. The molecule has 0 fully saturated rings. The predicted molar refractivity (Wildman–Crippen MR) is 132 cm³/mol. The Morgan fingerprint density at radius 2 is 1.76 bits per heavy atom. The lowest BCUT2D eigenvalue weighted by Gasteiger charge is -2.15. The topological polar surface area (TPSA) is 114 Å². The van der Waals surface area contributed by atoms with E-state index in [4.69, 9.17) is 21.1 Å². The zero-order valence-corrected chi connectivity index (χ0v) is 19.8. The number of urea groups is 1. The molecule has 178 valence electrons. The highest BCUT2D eigenvalue weighted by Gasteiger charge is 2.12. The Morgan fingerprint density at radius 1 is 1.00 bits per heavy atom. The summed E-state index contributed by atoms with van der Waals surface area (Å²) in [6.07, 6.45) is 1.50. The standard InChI is InChI=1S/C24H26ClN5O4/c1-15-12-20(22(14-19(15)25)33-11-10-26-2)30-24(32)29-16-4-6-17(7-5-16)34-18-8-9-28-21(13-18)23(31)27-3/h4-9,12-14,26H,10-11H2,1-3H3,(H,27,31)(H2,29,30,32). The van der Waals surface area contributed by atoms with Crippen molar-refractivity contribution in [3.63, 3.8) is 0 Å². The molecule has 4 N–H and O–H groups in total. The van der Waals surface area contributed by atoms with E-state index in [2.05, 4.69) is 26.3 Å². The molecule has 0 saturated carbocycles. The SMILES string of the molecule is CNCCOc1cc(Cl)c(C)cc1NC(=O)Nc1ccc(Oc2ccnc(C(=O)NC)c2)cc1. The number of anilines is 2. The van der Waals surface area contributed by atoms with E-state index in [0.29, 0.717) is 46.8 Å². The van der Waals surface area contributed by atoms with Gasteiger partial charge in [-0.1, -0.05) is 11.6 Å². The zero-order chi connectivity index (χ0) is 24.5. The van der Waals surface area contributed by atoms with Crippen molar-refractivity contribution < 1.29 is 19.1 Å². The van der Waals surface area contributed by atoms with Gasteiger partial charge in [0.05, 0.1) is 5.69 Å². The van der Waals surface area contributed by atoms with E-state index in [1.165, 1.54) is 13.2 Å². The maximum Gasteiger partial charge on any atom is 0.323 e. The van der Waals surface area contributed by atoms with Gasteiger partial charge in [0.15, 0.2) is 0 Å². The first-order valence-electron chi connectivity index (χ1n) is 10.5. The number of rotatable bonds is 9. The van der Waals surface area contributed by atoms with Gasteiger partial charge >= 0.3 is 6.03 Å². The number of benzene rings is 2. The van der Waals surface area contributed by atoms with Crippen LogP contribution in [0.15, 0.2) is 54.7 Å². The average molecular weight is 484 g/mol. The van der Waals surface area contributed by atoms with E-state index in [-0.39, 0.29) is 11.6 Å². The van der Waals surface area contributed by atoms with E-state index in [1.54, 1.807) is 48.5 Å². The summed E-state index contributed by atoms with van der Waals surface area (Å²) < 4.78 is 11.5. The number of amides is 3. The Balaban J connectivity index is 1.63. The fraction of sp³-hybridized carbons (Fsp3) is 0.208. The molecule has 0 radical (unpaired) electrons. The summed E-state index contributed by atoms with van der Waals surface area (Å²) in [7, 11) is 3.36. The second kappa shape index (κ2) is 11.9. The molecule has 0 saturated heterocycles.